The molecule has 0 bridgehead atoms. The third kappa shape index (κ3) is 2.95. The van der Waals surface area contributed by atoms with Crippen molar-refractivity contribution in [1.82, 2.24) is 4.98 Å². The molecule has 1 aromatic carbocycles. The van der Waals surface area contributed by atoms with E-state index in [1.807, 2.05) is 6.92 Å². The van der Waals surface area contributed by atoms with Gasteiger partial charge in [-0.3, -0.25) is 4.79 Å². The van der Waals surface area contributed by atoms with Gasteiger partial charge in [0.15, 0.2) is 0 Å². The Bertz CT molecular complexity index is 644. The first-order valence-electron chi connectivity index (χ1n) is 6.11. The Labute approximate surface area is 113 Å². The fraction of sp³-hybridized carbons (Fsp3) is 0.357. The Kier molecular flexibility index (Phi) is 3.74. The lowest BCUT2D eigenvalue weighted by molar-refractivity contribution is -0.141. The Hall–Kier alpha value is -1.98. The van der Waals surface area contributed by atoms with Gasteiger partial charge < -0.3 is 9.72 Å². The van der Waals surface area contributed by atoms with Crippen LogP contribution in [0.15, 0.2) is 18.2 Å². The zero-order valence-electron chi connectivity index (χ0n) is 11.1. The Morgan fingerprint density at radius 1 is 1.35 bits per heavy atom. The van der Waals surface area contributed by atoms with Crippen LogP contribution < -0.4 is 0 Å². The number of halogens is 3. The number of aromatic nitrogens is 1. The molecule has 0 spiro atoms. The average Bonchev–Trinajstić information content (AvgIpc) is 2.67. The van der Waals surface area contributed by atoms with E-state index < -0.39 is 17.8 Å². The van der Waals surface area contributed by atoms with Gasteiger partial charge in [-0.15, -0.1) is 0 Å². The monoisotopic (exact) mass is 285 g/mol. The highest BCUT2D eigenvalue weighted by atomic mass is 19.4. The summed E-state index contributed by atoms with van der Waals surface area (Å²) < 4.78 is 43.8. The van der Waals surface area contributed by atoms with Crippen LogP contribution in [-0.4, -0.2) is 17.6 Å². The summed E-state index contributed by atoms with van der Waals surface area (Å²) in [5, 5.41) is 0.518. The van der Waals surface area contributed by atoms with Crippen LogP contribution in [0.3, 0.4) is 0 Å². The van der Waals surface area contributed by atoms with Crippen LogP contribution in [0.4, 0.5) is 13.2 Å². The number of H-pyrrole nitrogens is 1. The van der Waals surface area contributed by atoms with Crippen molar-refractivity contribution in [2.45, 2.75) is 26.4 Å². The predicted molar refractivity (Wildman–Crippen MR) is 68.4 cm³/mol. The van der Waals surface area contributed by atoms with Gasteiger partial charge in [0.1, 0.15) is 5.69 Å². The van der Waals surface area contributed by atoms with E-state index >= 15 is 0 Å². The molecule has 1 N–H and O–H groups in total. The molecule has 3 nitrogen and oxygen atoms in total. The van der Waals surface area contributed by atoms with E-state index in [0.717, 1.165) is 5.56 Å². The molecule has 20 heavy (non-hydrogen) atoms. The number of rotatable bonds is 3. The zero-order chi connectivity index (χ0) is 14.9. The maximum atomic E-state index is 13.0. The first-order chi connectivity index (χ1) is 9.29. The smallest absolute Gasteiger partial charge is 0.431 e. The molecule has 0 fully saturated rings. The predicted octanol–water partition coefficient (Wildman–Crippen LogP) is 3.60. The molecular formula is C14H14F3NO2. The summed E-state index contributed by atoms with van der Waals surface area (Å²) in [7, 11) is 0. The Morgan fingerprint density at radius 3 is 2.65 bits per heavy atom. The summed E-state index contributed by atoms with van der Waals surface area (Å²) in [6.07, 6.45) is -4.43. The normalized spacial score (nSPS) is 11.8. The minimum absolute atomic E-state index is 0.0257. The van der Waals surface area contributed by atoms with Crippen LogP contribution in [0.1, 0.15) is 23.7 Å². The zero-order valence-corrected chi connectivity index (χ0v) is 11.1. The maximum absolute atomic E-state index is 13.0. The maximum Gasteiger partial charge on any atom is 0.431 e. The molecule has 0 unspecified atom stereocenters. The lowest BCUT2D eigenvalue weighted by Crippen LogP contribution is -2.11. The number of fused-ring (bicyclic) bond motifs is 1. The topological polar surface area (TPSA) is 42.1 Å². The molecule has 0 saturated carbocycles. The van der Waals surface area contributed by atoms with Gasteiger partial charge in [0.25, 0.3) is 0 Å². The van der Waals surface area contributed by atoms with Gasteiger partial charge in [-0.25, -0.2) is 0 Å². The molecule has 1 aromatic heterocycles. The number of hydrogen-bond acceptors (Lipinski definition) is 2. The van der Waals surface area contributed by atoms with Crippen molar-refractivity contribution in [3.63, 3.8) is 0 Å². The molecule has 0 aliphatic rings. The van der Waals surface area contributed by atoms with E-state index in [-0.39, 0.29) is 18.6 Å². The standard InChI is InChI=1S/C14H14F3NO2/c1-8-3-4-12-11(7-8)10(5-6-20-9(2)19)13(18-12)14(15,16)17/h3-4,7,18H,5-6H2,1-2H3. The largest absolute Gasteiger partial charge is 0.466 e. The van der Waals surface area contributed by atoms with E-state index in [2.05, 4.69) is 4.98 Å². The number of ether oxygens (including phenoxy) is 1. The molecule has 0 aliphatic carbocycles. The summed E-state index contributed by atoms with van der Waals surface area (Å²) in [4.78, 5) is 13.1. The van der Waals surface area contributed by atoms with Gasteiger partial charge in [0, 0.05) is 24.2 Å². The first kappa shape index (κ1) is 14.4. The Morgan fingerprint density at radius 2 is 2.05 bits per heavy atom. The Balaban J connectivity index is 2.46. The average molecular weight is 285 g/mol. The number of aryl methyl sites for hydroxylation is 1. The highest BCUT2D eigenvalue weighted by Crippen LogP contribution is 2.36. The van der Waals surface area contributed by atoms with Crippen molar-refractivity contribution in [2.75, 3.05) is 6.61 Å². The fourth-order valence-corrected chi connectivity index (χ4v) is 2.16. The van der Waals surface area contributed by atoms with Crippen molar-refractivity contribution >= 4 is 16.9 Å². The number of aromatic amines is 1. The second-order valence-corrected chi connectivity index (χ2v) is 4.62. The van der Waals surface area contributed by atoms with Crippen molar-refractivity contribution in [2.24, 2.45) is 0 Å². The third-order valence-electron chi connectivity index (χ3n) is 3.00. The first-order valence-corrected chi connectivity index (χ1v) is 6.11. The number of carbonyl (C=O) groups excluding carboxylic acids is 1. The highest BCUT2D eigenvalue weighted by Gasteiger charge is 2.36. The van der Waals surface area contributed by atoms with Gasteiger partial charge in [0.05, 0.1) is 6.61 Å². The van der Waals surface area contributed by atoms with Crippen molar-refractivity contribution < 1.29 is 22.7 Å². The quantitative estimate of drug-likeness (QED) is 0.875. The van der Waals surface area contributed by atoms with E-state index in [4.69, 9.17) is 4.74 Å². The summed E-state index contributed by atoms with van der Waals surface area (Å²) in [5.74, 6) is -0.505. The van der Waals surface area contributed by atoms with Gasteiger partial charge in [0.2, 0.25) is 0 Å². The molecule has 2 aromatic rings. The molecule has 2 rings (SSSR count). The van der Waals surface area contributed by atoms with E-state index in [0.29, 0.717) is 10.9 Å². The summed E-state index contributed by atoms with van der Waals surface area (Å²) >= 11 is 0. The number of hydrogen-bond donors (Lipinski definition) is 1. The minimum Gasteiger partial charge on any atom is -0.466 e. The molecule has 0 atom stereocenters. The van der Waals surface area contributed by atoms with Crippen LogP contribution in [0.25, 0.3) is 10.9 Å². The van der Waals surface area contributed by atoms with Crippen molar-refractivity contribution in [3.8, 4) is 0 Å². The lowest BCUT2D eigenvalue weighted by Gasteiger charge is -2.08. The molecule has 0 aliphatic heterocycles. The SMILES string of the molecule is CC(=O)OCCc1c(C(F)(F)F)[nH]c2ccc(C)cc12. The van der Waals surface area contributed by atoms with E-state index in [9.17, 15) is 18.0 Å². The van der Waals surface area contributed by atoms with E-state index in [1.54, 1.807) is 18.2 Å². The van der Waals surface area contributed by atoms with Gasteiger partial charge in [-0.05, 0) is 24.6 Å². The summed E-state index contributed by atoms with van der Waals surface area (Å²) in [6.45, 7) is 2.97. The van der Waals surface area contributed by atoms with Gasteiger partial charge >= 0.3 is 12.1 Å². The van der Waals surface area contributed by atoms with Crippen LogP contribution in [-0.2, 0) is 22.1 Å². The van der Waals surface area contributed by atoms with Crippen LogP contribution in [0.2, 0.25) is 0 Å². The molecule has 0 radical (unpaired) electrons. The third-order valence-corrected chi connectivity index (χ3v) is 3.00. The number of alkyl halides is 3. The second kappa shape index (κ2) is 5.19. The molecule has 0 amide bonds. The van der Waals surface area contributed by atoms with Gasteiger partial charge in [-0.1, -0.05) is 11.6 Å². The number of benzene rings is 1. The van der Waals surface area contributed by atoms with Crippen LogP contribution in [0, 0.1) is 6.92 Å². The number of nitrogens with one attached hydrogen (secondary N) is 1. The minimum atomic E-state index is -4.46. The van der Waals surface area contributed by atoms with Crippen LogP contribution >= 0.6 is 0 Å². The molecule has 1 heterocycles. The second-order valence-electron chi connectivity index (χ2n) is 4.62. The molecular weight excluding hydrogens is 271 g/mol. The molecule has 108 valence electrons. The molecule has 6 heteroatoms. The van der Waals surface area contributed by atoms with Crippen molar-refractivity contribution in [1.29, 1.82) is 0 Å². The number of carbonyl (C=O) groups is 1. The van der Waals surface area contributed by atoms with Crippen LogP contribution in [0.5, 0.6) is 0 Å². The molecule has 0 saturated heterocycles. The lowest BCUT2D eigenvalue weighted by atomic mass is 10.1. The highest BCUT2D eigenvalue weighted by molar-refractivity contribution is 5.85. The fourth-order valence-electron chi connectivity index (χ4n) is 2.16. The van der Waals surface area contributed by atoms with Gasteiger partial charge in [-0.2, -0.15) is 13.2 Å². The number of esters is 1. The summed E-state index contributed by atoms with van der Waals surface area (Å²) in [6, 6.07) is 5.06. The van der Waals surface area contributed by atoms with E-state index in [1.165, 1.54) is 6.92 Å². The van der Waals surface area contributed by atoms with Crippen molar-refractivity contribution in [3.05, 3.63) is 35.0 Å². The summed E-state index contributed by atoms with van der Waals surface area (Å²) in [5.41, 5.74) is 0.669.